The van der Waals surface area contributed by atoms with Crippen LogP contribution in [0.4, 0.5) is 0 Å². The number of thioether (sulfide) groups is 1. The number of rotatable bonds is 5. The Morgan fingerprint density at radius 2 is 1.96 bits per heavy atom. The summed E-state index contributed by atoms with van der Waals surface area (Å²) >= 11 is 1.36. The second kappa shape index (κ2) is 8.14. The second-order valence-corrected chi connectivity index (χ2v) is 8.06. The summed E-state index contributed by atoms with van der Waals surface area (Å²) in [6.45, 7) is 4.07. The van der Waals surface area contributed by atoms with Crippen molar-refractivity contribution in [3.05, 3.63) is 64.7 Å². The molecule has 0 bridgehead atoms. The first kappa shape index (κ1) is 18.7. The van der Waals surface area contributed by atoms with Gasteiger partial charge < -0.3 is 5.32 Å². The Morgan fingerprint density at radius 1 is 1.18 bits per heavy atom. The maximum absolute atomic E-state index is 12.6. The molecule has 1 aromatic heterocycles. The number of tetrazole rings is 1. The van der Waals surface area contributed by atoms with Gasteiger partial charge in [0.15, 0.2) is 0 Å². The highest BCUT2D eigenvalue weighted by Crippen LogP contribution is 2.30. The van der Waals surface area contributed by atoms with Crippen molar-refractivity contribution >= 4 is 17.7 Å². The normalized spacial score (nSPS) is 15.9. The predicted molar refractivity (Wildman–Crippen MR) is 110 cm³/mol. The quantitative estimate of drug-likeness (QED) is 0.671. The number of para-hydroxylation sites is 1. The van der Waals surface area contributed by atoms with Crippen molar-refractivity contribution in [3.63, 3.8) is 0 Å². The standard InChI is InChI=1S/C21H23N5OS/c1-14-7-5-8-15(2)20(14)26-21(23-24-25-26)28-13-19(27)22-18-12-6-10-16-9-3-4-11-17(16)18/h3-5,7-9,11,18H,6,10,12-13H2,1-2H3,(H,22,27)/t18-/m0/s1. The van der Waals surface area contributed by atoms with Crippen molar-refractivity contribution in [1.82, 2.24) is 25.5 Å². The Balaban J connectivity index is 1.44. The van der Waals surface area contributed by atoms with Gasteiger partial charge in [-0.15, -0.1) is 5.10 Å². The number of amides is 1. The van der Waals surface area contributed by atoms with Gasteiger partial charge in [-0.3, -0.25) is 4.79 Å². The van der Waals surface area contributed by atoms with E-state index in [0.717, 1.165) is 36.1 Å². The molecule has 0 saturated heterocycles. The van der Waals surface area contributed by atoms with Crippen molar-refractivity contribution in [1.29, 1.82) is 0 Å². The second-order valence-electron chi connectivity index (χ2n) is 7.11. The minimum absolute atomic E-state index is 0.00255. The van der Waals surface area contributed by atoms with Crippen LogP contribution in [0.25, 0.3) is 5.69 Å². The number of aryl methyl sites for hydroxylation is 3. The molecule has 1 atom stereocenters. The molecular formula is C21H23N5OS. The molecule has 0 fully saturated rings. The zero-order chi connectivity index (χ0) is 19.5. The van der Waals surface area contributed by atoms with Crippen LogP contribution >= 0.6 is 11.8 Å². The van der Waals surface area contributed by atoms with Gasteiger partial charge in [0.05, 0.1) is 17.5 Å². The largest absolute Gasteiger partial charge is 0.349 e. The molecule has 1 aliphatic rings. The Hall–Kier alpha value is -2.67. The molecular weight excluding hydrogens is 370 g/mol. The summed E-state index contributed by atoms with van der Waals surface area (Å²) in [7, 11) is 0. The summed E-state index contributed by atoms with van der Waals surface area (Å²) in [5.74, 6) is 0.284. The number of carbonyl (C=O) groups is 1. The van der Waals surface area contributed by atoms with Crippen molar-refractivity contribution in [2.24, 2.45) is 0 Å². The molecule has 28 heavy (non-hydrogen) atoms. The monoisotopic (exact) mass is 393 g/mol. The van der Waals surface area contributed by atoms with Crippen LogP contribution in [0.3, 0.4) is 0 Å². The summed E-state index contributed by atoms with van der Waals surface area (Å²) in [6.07, 6.45) is 3.16. The lowest BCUT2D eigenvalue weighted by Gasteiger charge is -2.26. The molecule has 144 valence electrons. The molecule has 1 N–H and O–H groups in total. The molecule has 1 heterocycles. The Labute approximate surface area is 168 Å². The predicted octanol–water partition coefficient (Wildman–Crippen LogP) is 3.57. The van der Waals surface area contributed by atoms with Gasteiger partial charge in [-0.1, -0.05) is 54.2 Å². The van der Waals surface area contributed by atoms with Gasteiger partial charge in [-0.25, -0.2) is 0 Å². The molecule has 0 unspecified atom stereocenters. The first-order chi connectivity index (χ1) is 13.6. The highest BCUT2D eigenvalue weighted by atomic mass is 32.2. The van der Waals surface area contributed by atoms with Crippen LogP contribution in [0.5, 0.6) is 0 Å². The fourth-order valence-electron chi connectivity index (χ4n) is 3.82. The minimum Gasteiger partial charge on any atom is -0.349 e. The fourth-order valence-corrected chi connectivity index (χ4v) is 4.51. The molecule has 2 aromatic carbocycles. The SMILES string of the molecule is Cc1cccc(C)c1-n1nnnc1SCC(=O)N[C@H]1CCCc2ccccc21. The highest BCUT2D eigenvalue weighted by Gasteiger charge is 2.22. The van der Waals surface area contributed by atoms with Gasteiger partial charge in [0.25, 0.3) is 0 Å². The van der Waals surface area contributed by atoms with Crippen LogP contribution in [0, 0.1) is 13.8 Å². The summed E-state index contributed by atoms with van der Waals surface area (Å²) in [4.78, 5) is 12.6. The van der Waals surface area contributed by atoms with Crippen molar-refractivity contribution in [2.75, 3.05) is 5.75 Å². The zero-order valence-electron chi connectivity index (χ0n) is 16.1. The number of carbonyl (C=O) groups excluding carboxylic acids is 1. The lowest BCUT2D eigenvalue weighted by atomic mass is 9.88. The third-order valence-corrected chi connectivity index (χ3v) is 6.05. The maximum atomic E-state index is 12.6. The van der Waals surface area contributed by atoms with Crippen LogP contribution in [0.2, 0.25) is 0 Å². The smallest absolute Gasteiger partial charge is 0.230 e. The molecule has 4 rings (SSSR count). The molecule has 0 radical (unpaired) electrons. The molecule has 0 saturated carbocycles. The van der Waals surface area contributed by atoms with Crippen LogP contribution in [0.15, 0.2) is 47.6 Å². The molecule has 7 heteroatoms. The summed E-state index contributed by atoms with van der Waals surface area (Å²) in [5, 5.41) is 15.9. The molecule has 1 amide bonds. The summed E-state index contributed by atoms with van der Waals surface area (Å²) in [5.41, 5.74) is 5.74. The van der Waals surface area contributed by atoms with E-state index in [2.05, 4.69) is 39.0 Å². The highest BCUT2D eigenvalue weighted by molar-refractivity contribution is 7.99. The first-order valence-electron chi connectivity index (χ1n) is 9.48. The fraction of sp³-hybridized carbons (Fsp3) is 0.333. The number of fused-ring (bicyclic) bond motifs is 1. The van der Waals surface area contributed by atoms with Gasteiger partial charge in [-0.05, 0) is 65.8 Å². The van der Waals surface area contributed by atoms with Crippen LogP contribution in [0.1, 0.15) is 41.1 Å². The topological polar surface area (TPSA) is 72.7 Å². The number of nitrogens with zero attached hydrogens (tertiary/aromatic N) is 4. The van der Waals surface area contributed by atoms with E-state index < -0.39 is 0 Å². The van der Waals surface area contributed by atoms with E-state index in [9.17, 15) is 4.79 Å². The van der Waals surface area contributed by atoms with Gasteiger partial charge in [-0.2, -0.15) is 4.68 Å². The van der Waals surface area contributed by atoms with E-state index >= 15 is 0 Å². The van der Waals surface area contributed by atoms with E-state index in [-0.39, 0.29) is 17.7 Å². The van der Waals surface area contributed by atoms with E-state index in [1.807, 2.05) is 38.1 Å². The van der Waals surface area contributed by atoms with E-state index in [1.165, 1.54) is 22.9 Å². The third-order valence-electron chi connectivity index (χ3n) is 5.13. The van der Waals surface area contributed by atoms with Crippen LogP contribution in [-0.4, -0.2) is 31.9 Å². The molecule has 0 aliphatic heterocycles. The van der Waals surface area contributed by atoms with Gasteiger partial charge in [0.1, 0.15) is 0 Å². The molecule has 0 spiro atoms. The van der Waals surface area contributed by atoms with Crippen molar-refractivity contribution in [2.45, 2.75) is 44.3 Å². The minimum atomic E-state index is 0.00255. The number of aromatic nitrogens is 4. The Kier molecular flexibility index (Phi) is 5.43. The van der Waals surface area contributed by atoms with Crippen LogP contribution in [-0.2, 0) is 11.2 Å². The van der Waals surface area contributed by atoms with Crippen molar-refractivity contribution < 1.29 is 4.79 Å². The van der Waals surface area contributed by atoms with E-state index in [4.69, 9.17) is 0 Å². The molecule has 6 nitrogen and oxygen atoms in total. The average Bonchev–Trinajstić information content (AvgIpc) is 3.15. The van der Waals surface area contributed by atoms with Gasteiger partial charge >= 0.3 is 0 Å². The molecule has 1 aliphatic carbocycles. The van der Waals surface area contributed by atoms with E-state index in [0.29, 0.717) is 5.16 Å². The average molecular weight is 394 g/mol. The zero-order valence-corrected chi connectivity index (χ0v) is 16.9. The Bertz CT molecular complexity index is 980. The van der Waals surface area contributed by atoms with E-state index in [1.54, 1.807) is 4.68 Å². The first-order valence-corrected chi connectivity index (χ1v) is 10.5. The molecule has 3 aromatic rings. The third kappa shape index (κ3) is 3.80. The lowest BCUT2D eigenvalue weighted by Crippen LogP contribution is -2.32. The number of benzene rings is 2. The summed E-state index contributed by atoms with van der Waals surface area (Å²) < 4.78 is 1.72. The maximum Gasteiger partial charge on any atom is 0.230 e. The van der Waals surface area contributed by atoms with Crippen molar-refractivity contribution in [3.8, 4) is 5.69 Å². The van der Waals surface area contributed by atoms with Gasteiger partial charge in [0, 0.05) is 0 Å². The van der Waals surface area contributed by atoms with Gasteiger partial charge in [0.2, 0.25) is 11.1 Å². The number of hydrogen-bond donors (Lipinski definition) is 1. The van der Waals surface area contributed by atoms with Crippen LogP contribution < -0.4 is 5.32 Å². The summed E-state index contributed by atoms with van der Waals surface area (Å²) in [6, 6.07) is 14.5. The number of nitrogens with one attached hydrogen (secondary N) is 1. The number of hydrogen-bond acceptors (Lipinski definition) is 5. The lowest BCUT2D eigenvalue weighted by molar-refractivity contribution is -0.119. The Morgan fingerprint density at radius 3 is 2.79 bits per heavy atom.